The molecule has 1 fully saturated rings. The smallest absolute Gasteiger partial charge is 0.222 e. The predicted octanol–water partition coefficient (Wildman–Crippen LogP) is 3.47. The van der Waals surface area contributed by atoms with E-state index in [1.54, 1.807) is 4.90 Å². The highest BCUT2D eigenvalue weighted by molar-refractivity contribution is 5.99. The summed E-state index contributed by atoms with van der Waals surface area (Å²) in [6.45, 7) is 5.24. The third kappa shape index (κ3) is 4.42. The summed E-state index contributed by atoms with van der Waals surface area (Å²) in [5, 5.41) is 0. The monoisotopic (exact) mass is 287 g/mol. The second-order valence-corrected chi connectivity index (χ2v) is 6.12. The first kappa shape index (κ1) is 15.7. The van der Waals surface area contributed by atoms with Crippen LogP contribution in [0.2, 0.25) is 0 Å². The molecule has 1 atom stereocenters. The molecule has 1 aromatic carbocycles. The van der Waals surface area contributed by atoms with Gasteiger partial charge >= 0.3 is 0 Å². The quantitative estimate of drug-likeness (QED) is 0.778. The van der Waals surface area contributed by atoms with Crippen LogP contribution in [0.15, 0.2) is 24.3 Å². The van der Waals surface area contributed by atoms with Gasteiger partial charge in [0.15, 0.2) is 5.78 Å². The van der Waals surface area contributed by atoms with Crippen molar-refractivity contribution in [1.82, 2.24) is 4.90 Å². The fourth-order valence-electron chi connectivity index (χ4n) is 2.75. The van der Waals surface area contributed by atoms with Gasteiger partial charge < -0.3 is 4.90 Å². The van der Waals surface area contributed by atoms with Crippen LogP contribution < -0.4 is 0 Å². The Morgan fingerprint density at radius 1 is 1.24 bits per heavy atom. The maximum Gasteiger partial charge on any atom is 0.222 e. The number of amides is 1. The van der Waals surface area contributed by atoms with Crippen LogP contribution in [0.4, 0.5) is 0 Å². The summed E-state index contributed by atoms with van der Waals surface area (Å²) in [7, 11) is 0. The Hall–Kier alpha value is -1.64. The van der Waals surface area contributed by atoms with Crippen LogP contribution in [0, 0.1) is 5.92 Å². The van der Waals surface area contributed by atoms with Crippen molar-refractivity contribution in [3.8, 4) is 0 Å². The van der Waals surface area contributed by atoms with E-state index in [9.17, 15) is 9.59 Å². The molecule has 0 spiro atoms. The van der Waals surface area contributed by atoms with Crippen LogP contribution in [0.5, 0.6) is 0 Å². The largest absolute Gasteiger partial charge is 0.335 e. The fraction of sp³-hybridized carbons (Fsp3) is 0.556. The molecular weight excluding hydrogens is 262 g/mol. The average molecular weight is 287 g/mol. The zero-order valence-corrected chi connectivity index (χ0v) is 13.1. The summed E-state index contributed by atoms with van der Waals surface area (Å²) in [4.78, 5) is 26.1. The lowest BCUT2D eigenvalue weighted by molar-refractivity contribution is -0.130. The van der Waals surface area contributed by atoms with Gasteiger partial charge in [-0.15, -0.1) is 0 Å². The minimum Gasteiger partial charge on any atom is -0.335 e. The Bertz CT molecular complexity index is 492. The number of ketones is 1. The number of aryl methyl sites for hydroxylation is 1. The van der Waals surface area contributed by atoms with Gasteiger partial charge in [0.25, 0.3) is 0 Å². The third-order valence-electron chi connectivity index (χ3n) is 4.24. The Balaban J connectivity index is 1.98. The minimum atomic E-state index is 0.0425. The molecule has 3 nitrogen and oxygen atoms in total. The highest BCUT2D eigenvalue weighted by atomic mass is 16.2. The van der Waals surface area contributed by atoms with E-state index in [4.69, 9.17) is 0 Å². The van der Waals surface area contributed by atoms with Crippen molar-refractivity contribution in [3.05, 3.63) is 35.4 Å². The van der Waals surface area contributed by atoms with Gasteiger partial charge in [-0.05, 0) is 30.7 Å². The summed E-state index contributed by atoms with van der Waals surface area (Å²) in [5.74, 6) is 0.735. The summed E-state index contributed by atoms with van der Waals surface area (Å²) in [6, 6.07) is 7.81. The Morgan fingerprint density at radius 3 is 2.62 bits per heavy atom. The highest BCUT2D eigenvalue weighted by Gasteiger charge is 2.22. The van der Waals surface area contributed by atoms with E-state index in [0.29, 0.717) is 24.4 Å². The number of rotatable bonds is 5. The van der Waals surface area contributed by atoms with Gasteiger partial charge in [0.1, 0.15) is 0 Å². The number of carbonyl (C=O) groups is 2. The molecule has 1 amide bonds. The van der Waals surface area contributed by atoms with Gasteiger partial charge in [0, 0.05) is 18.5 Å². The molecular formula is C18H25NO2. The van der Waals surface area contributed by atoms with E-state index < -0.39 is 0 Å². The standard InChI is InChI=1S/C18H25NO2/c1-3-4-15-6-8-16(9-7-15)17(20)13-19-12-11-14(2)5-10-18(19)21/h6-9,14H,3-5,10-13H2,1-2H3. The highest BCUT2D eigenvalue weighted by Crippen LogP contribution is 2.18. The normalized spacial score (nSPS) is 19.4. The molecule has 21 heavy (non-hydrogen) atoms. The summed E-state index contributed by atoms with van der Waals surface area (Å²) < 4.78 is 0. The number of hydrogen-bond donors (Lipinski definition) is 0. The van der Waals surface area contributed by atoms with Crippen LogP contribution in [0.3, 0.4) is 0 Å². The van der Waals surface area contributed by atoms with Gasteiger partial charge in [-0.2, -0.15) is 0 Å². The molecule has 1 aromatic rings. The molecule has 0 N–H and O–H groups in total. The zero-order chi connectivity index (χ0) is 15.2. The molecule has 0 aromatic heterocycles. The van der Waals surface area contributed by atoms with E-state index >= 15 is 0 Å². The van der Waals surface area contributed by atoms with Crippen molar-refractivity contribution in [2.24, 2.45) is 5.92 Å². The van der Waals surface area contributed by atoms with E-state index in [0.717, 1.165) is 25.7 Å². The molecule has 0 saturated carbocycles. The molecule has 0 radical (unpaired) electrons. The molecule has 1 unspecified atom stereocenters. The number of likely N-dealkylation sites (tertiary alicyclic amines) is 1. The van der Waals surface area contributed by atoms with Gasteiger partial charge in [-0.1, -0.05) is 44.5 Å². The molecule has 0 aliphatic carbocycles. The number of Topliss-reactive ketones (excluding diaryl/α,β-unsaturated/α-hetero) is 1. The lowest BCUT2D eigenvalue weighted by Crippen LogP contribution is -2.35. The van der Waals surface area contributed by atoms with Crippen molar-refractivity contribution in [1.29, 1.82) is 0 Å². The van der Waals surface area contributed by atoms with Crippen molar-refractivity contribution < 1.29 is 9.59 Å². The predicted molar refractivity (Wildman–Crippen MR) is 84.4 cm³/mol. The Morgan fingerprint density at radius 2 is 1.95 bits per heavy atom. The van der Waals surface area contributed by atoms with Crippen molar-refractivity contribution in [2.45, 2.75) is 46.0 Å². The maximum atomic E-state index is 12.3. The maximum absolute atomic E-state index is 12.3. The fourth-order valence-corrected chi connectivity index (χ4v) is 2.75. The summed E-state index contributed by atoms with van der Waals surface area (Å²) in [5.41, 5.74) is 1.97. The zero-order valence-electron chi connectivity index (χ0n) is 13.1. The average Bonchev–Trinajstić information content (AvgIpc) is 2.64. The lowest BCUT2D eigenvalue weighted by Gasteiger charge is -2.19. The molecule has 1 aliphatic rings. The molecule has 1 aliphatic heterocycles. The van der Waals surface area contributed by atoms with E-state index in [2.05, 4.69) is 13.8 Å². The molecule has 3 heteroatoms. The first-order chi connectivity index (χ1) is 10.1. The SMILES string of the molecule is CCCc1ccc(C(=O)CN2CCC(C)CCC2=O)cc1. The summed E-state index contributed by atoms with van der Waals surface area (Å²) >= 11 is 0. The Kier molecular flexibility index (Phi) is 5.54. The van der Waals surface area contributed by atoms with E-state index in [1.165, 1.54) is 5.56 Å². The van der Waals surface area contributed by atoms with Crippen LogP contribution in [0.1, 0.15) is 55.5 Å². The van der Waals surface area contributed by atoms with E-state index in [-0.39, 0.29) is 18.2 Å². The van der Waals surface area contributed by atoms with E-state index in [1.807, 2.05) is 24.3 Å². The molecule has 1 heterocycles. The van der Waals surface area contributed by atoms with Crippen molar-refractivity contribution in [3.63, 3.8) is 0 Å². The minimum absolute atomic E-state index is 0.0425. The van der Waals surface area contributed by atoms with Crippen molar-refractivity contribution >= 4 is 11.7 Å². The van der Waals surface area contributed by atoms with Crippen LogP contribution >= 0.6 is 0 Å². The number of carbonyl (C=O) groups excluding carboxylic acids is 2. The van der Waals surface area contributed by atoms with Gasteiger partial charge in [0.2, 0.25) is 5.91 Å². The molecule has 0 bridgehead atoms. The Labute approximate surface area is 127 Å². The summed E-state index contributed by atoms with van der Waals surface area (Å²) in [6.07, 6.45) is 4.65. The van der Waals surface area contributed by atoms with Gasteiger partial charge in [0.05, 0.1) is 6.54 Å². The topological polar surface area (TPSA) is 37.4 Å². The number of benzene rings is 1. The van der Waals surface area contributed by atoms with Crippen molar-refractivity contribution in [2.75, 3.05) is 13.1 Å². The second-order valence-electron chi connectivity index (χ2n) is 6.12. The second kappa shape index (κ2) is 7.39. The first-order valence-corrected chi connectivity index (χ1v) is 8.00. The third-order valence-corrected chi connectivity index (χ3v) is 4.24. The van der Waals surface area contributed by atoms with Gasteiger partial charge in [-0.25, -0.2) is 0 Å². The molecule has 2 rings (SSSR count). The number of hydrogen-bond acceptors (Lipinski definition) is 2. The van der Waals surface area contributed by atoms with Crippen LogP contribution in [-0.4, -0.2) is 29.7 Å². The first-order valence-electron chi connectivity index (χ1n) is 8.00. The van der Waals surface area contributed by atoms with Crippen LogP contribution in [-0.2, 0) is 11.2 Å². The van der Waals surface area contributed by atoms with Crippen LogP contribution in [0.25, 0.3) is 0 Å². The number of nitrogens with zero attached hydrogens (tertiary/aromatic N) is 1. The lowest BCUT2D eigenvalue weighted by atomic mass is 10.0. The van der Waals surface area contributed by atoms with Gasteiger partial charge in [-0.3, -0.25) is 9.59 Å². The molecule has 1 saturated heterocycles. The molecule has 114 valence electrons.